The third-order valence-electron chi connectivity index (χ3n) is 6.08. The number of carbonyl (C=O) groups excluding carboxylic acids is 3. The summed E-state index contributed by atoms with van der Waals surface area (Å²) in [5.74, 6) is -1.93. The van der Waals surface area contributed by atoms with Gasteiger partial charge in [-0.2, -0.15) is 0 Å². The number of rotatable bonds is 2. The fraction of sp³-hybridized carbons (Fsp3) is 0.409. The molecule has 1 aliphatic heterocycles. The Morgan fingerprint density at radius 2 is 1.93 bits per heavy atom. The Kier molecular flexibility index (Phi) is 4.66. The first-order valence-electron chi connectivity index (χ1n) is 9.37. The Morgan fingerprint density at radius 1 is 1.21 bits per heavy atom. The van der Waals surface area contributed by atoms with Crippen molar-refractivity contribution in [3.63, 3.8) is 0 Å². The van der Waals surface area contributed by atoms with Gasteiger partial charge in [0.15, 0.2) is 5.78 Å². The molecule has 0 saturated carbocycles. The average molecular weight is 401 g/mol. The molecule has 0 N–H and O–H groups in total. The van der Waals surface area contributed by atoms with Gasteiger partial charge in [0.2, 0.25) is 0 Å². The lowest BCUT2D eigenvalue weighted by molar-refractivity contribution is -0.144. The summed E-state index contributed by atoms with van der Waals surface area (Å²) in [6, 6.07) is 6.69. The van der Waals surface area contributed by atoms with Crippen LogP contribution < -0.4 is 0 Å². The van der Waals surface area contributed by atoms with Crippen molar-refractivity contribution >= 4 is 29.3 Å². The summed E-state index contributed by atoms with van der Waals surface area (Å²) in [5, 5.41) is 0.311. The molecule has 0 amide bonds. The van der Waals surface area contributed by atoms with E-state index in [9.17, 15) is 14.4 Å². The molecule has 4 rings (SSSR count). The summed E-state index contributed by atoms with van der Waals surface area (Å²) in [5.41, 5.74) is 2.71. The highest BCUT2D eigenvalue weighted by Crippen LogP contribution is 2.48. The van der Waals surface area contributed by atoms with Gasteiger partial charge in [0.05, 0.1) is 16.5 Å². The van der Waals surface area contributed by atoms with Crippen molar-refractivity contribution in [2.24, 2.45) is 17.8 Å². The zero-order chi connectivity index (χ0) is 20.2. The number of halogens is 1. The number of ketones is 1. The molecule has 146 valence electrons. The van der Waals surface area contributed by atoms with Crippen molar-refractivity contribution in [1.82, 2.24) is 0 Å². The zero-order valence-electron chi connectivity index (χ0n) is 15.9. The van der Waals surface area contributed by atoms with Crippen molar-refractivity contribution in [3.05, 3.63) is 57.6 Å². The highest BCUT2D eigenvalue weighted by atomic mass is 35.5. The fourth-order valence-electron chi connectivity index (χ4n) is 4.74. The van der Waals surface area contributed by atoms with Gasteiger partial charge in [-0.05, 0) is 32.1 Å². The number of hydrogen-bond acceptors (Lipinski definition) is 5. The summed E-state index contributed by atoms with van der Waals surface area (Å²) >= 11 is 6.14. The predicted molar refractivity (Wildman–Crippen MR) is 103 cm³/mol. The largest absolute Gasteiger partial charge is 0.461 e. The minimum Gasteiger partial charge on any atom is -0.461 e. The first kappa shape index (κ1) is 18.9. The van der Waals surface area contributed by atoms with Gasteiger partial charge in [-0.1, -0.05) is 41.8 Å². The minimum atomic E-state index is -0.575. The van der Waals surface area contributed by atoms with Crippen molar-refractivity contribution in [2.45, 2.75) is 39.4 Å². The van der Waals surface area contributed by atoms with Crippen LogP contribution in [0.4, 0.5) is 0 Å². The Balaban J connectivity index is 1.72. The maximum absolute atomic E-state index is 12.8. The molecule has 1 heterocycles. The van der Waals surface area contributed by atoms with Crippen LogP contribution in [0.5, 0.6) is 0 Å². The lowest BCUT2D eigenvalue weighted by Gasteiger charge is -2.29. The molecule has 6 heteroatoms. The molecule has 0 spiro atoms. The molecule has 0 bridgehead atoms. The number of carbonyl (C=O) groups is 3. The minimum absolute atomic E-state index is 0.0487. The molecule has 2 aliphatic carbocycles. The second-order valence-corrected chi connectivity index (χ2v) is 8.23. The van der Waals surface area contributed by atoms with Crippen molar-refractivity contribution in [3.8, 4) is 0 Å². The van der Waals surface area contributed by atoms with E-state index < -0.39 is 24.1 Å². The van der Waals surface area contributed by atoms with Crippen LogP contribution >= 0.6 is 11.6 Å². The number of esters is 2. The maximum atomic E-state index is 12.8. The van der Waals surface area contributed by atoms with Crippen molar-refractivity contribution in [1.29, 1.82) is 0 Å². The molecular weight excluding hydrogens is 380 g/mol. The van der Waals surface area contributed by atoms with E-state index in [4.69, 9.17) is 21.1 Å². The van der Waals surface area contributed by atoms with Crippen LogP contribution in [0.15, 0.2) is 47.1 Å². The first-order chi connectivity index (χ1) is 13.3. The molecule has 1 aromatic carbocycles. The molecule has 1 aromatic rings. The Bertz CT molecular complexity index is 944. The number of fused-ring (bicyclic) bond motifs is 3. The van der Waals surface area contributed by atoms with Crippen LogP contribution in [0, 0.1) is 17.8 Å². The maximum Gasteiger partial charge on any atom is 0.339 e. The molecule has 0 unspecified atom stereocenters. The number of benzene rings is 1. The fourth-order valence-corrected chi connectivity index (χ4v) is 4.95. The first-order valence-corrected chi connectivity index (χ1v) is 9.75. The molecule has 28 heavy (non-hydrogen) atoms. The lowest BCUT2D eigenvalue weighted by atomic mass is 9.79. The normalized spacial score (nSPS) is 31.7. The van der Waals surface area contributed by atoms with Crippen LogP contribution in [0.2, 0.25) is 5.02 Å². The van der Waals surface area contributed by atoms with E-state index in [-0.39, 0.29) is 29.2 Å². The van der Waals surface area contributed by atoms with Crippen LogP contribution in [-0.2, 0) is 19.1 Å². The summed E-state index contributed by atoms with van der Waals surface area (Å²) in [6.45, 7) is 5.56. The van der Waals surface area contributed by atoms with Crippen LogP contribution in [0.25, 0.3) is 0 Å². The Morgan fingerprint density at radius 3 is 2.64 bits per heavy atom. The molecule has 0 aromatic heterocycles. The van der Waals surface area contributed by atoms with Crippen molar-refractivity contribution < 1.29 is 23.9 Å². The molecule has 0 radical (unpaired) electrons. The van der Waals surface area contributed by atoms with Crippen LogP contribution in [0.3, 0.4) is 0 Å². The number of hydrogen-bond donors (Lipinski definition) is 0. The molecular formula is C22H21ClO5. The summed E-state index contributed by atoms with van der Waals surface area (Å²) in [4.78, 5) is 37.7. The van der Waals surface area contributed by atoms with Gasteiger partial charge < -0.3 is 9.47 Å². The monoisotopic (exact) mass is 400 g/mol. The molecule has 5 nitrogen and oxygen atoms in total. The summed E-state index contributed by atoms with van der Waals surface area (Å²) < 4.78 is 11.6. The Labute approximate surface area is 168 Å². The quantitative estimate of drug-likeness (QED) is 0.704. The second-order valence-electron chi connectivity index (χ2n) is 7.82. The van der Waals surface area contributed by atoms with Gasteiger partial charge in [-0.25, -0.2) is 4.79 Å². The summed E-state index contributed by atoms with van der Waals surface area (Å²) in [6.07, 6.45) is 0.917. The van der Waals surface area contributed by atoms with E-state index in [1.807, 2.05) is 13.8 Å². The average Bonchev–Trinajstić information content (AvgIpc) is 3.05. The smallest absolute Gasteiger partial charge is 0.339 e. The highest BCUT2D eigenvalue weighted by Gasteiger charge is 2.55. The molecule has 1 saturated heterocycles. The standard InChI is InChI=1S/C22H21ClO5/c1-10-8-15(24)17-11(2)9-16(19-12(3)21(25)28-20(19)18(10)17)27-22(26)13-6-4-5-7-14(13)23/h4-8,12,16,18-20H,9H2,1-3H3/t12-,16-,18+,19-,20+/m1/s1. The lowest BCUT2D eigenvalue weighted by Crippen LogP contribution is -2.38. The number of ether oxygens (including phenoxy) is 2. The van der Waals surface area contributed by atoms with Gasteiger partial charge >= 0.3 is 11.9 Å². The topological polar surface area (TPSA) is 69.7 Å². The molecule has 3 aliphatic rings. The Hall–Kier alpha value is -2.40. The van der Waals surface area contributed by atoms with Crippen LogP contribution in [-0.4, -0.2) is 29.9 Å². The van der Waals surface area contributed by atoms with E-state index in [0.717, 1.165) is 11.1 Å². The zero-order valence-corrected chi connectivity index (χ0v) is 16.7. The molecule has 1 fully saturated rings. The van der Waals surface area contributed by atoms with Crippen LogP contribution in [0.1, 0.15) is 37.6 Å². The van der Waals surface area contributed by atoms with E-state index in [0.29, 0.717) is 17.0 Å². The molecule has 5 atom stereocenters. The second kappa shape index (κ2) is 6.89. The highest BCUT2D eigenvalue weighted by molar-refractivity contribution is 6.33. The predicted octanol–water partition coefficient (Wildman–Crippen LogP) is 3.91. The third-order valence-corrected chi connectivity index (χ3v) is 6.41. The summed E-state index contributed by atoms with van der Waals surface area (Å²) in [7, 11) is 0. The van der Waals surface area contributed by atoms with Gasteiger partial charge in [0.25, 0.3) is 0 Å². The van der Waals surface area contributed by atoms with Gasteiger partial charge in [-0.3, -0.25) is 9.59 Å². The third kappa shape index (κ3) is 2.89. The van der Waals surface area contributed by atoms with Crippen molar-refractivity contribution in [2.75, 3.05) is 0 Å². The van der Waals surface area contributed by atoms with E-state index in [2.05, 4.69) is 0 Å². The van der Waals surface area contributed by atoms with E-state index >= 15 is 0 Å². The van der Waals surface area contributed by atoms with Gasteiger partial charge in [-0.15, -0.1) is 0 Å². The van der Waals surface area contributed by atoms with E-state index in [1.165, 1.54) is 0 Å². The SMILES string of the molecule is CC1=CC(=O)C2=C(C)C[C@@H](OC(=O)c3ccccc3Cl)[C@@H]3[C@@H](OC(=O)[C@@H]3C)[C@@H]12. The van der Waals surface area contributed by atoms with Gasteiger partial charge in [0.1, 0.15) is 12.2 Å². The van der Waals surface area contributed by atoms with E-state index in [1.54, 1.807) is 37.3 Å². The van der Waals surface area contributed by atoms with Gasteiger partial charge in [0, 0.05) is 23.8 Å². The number of allylic oxidation sites excluding steroid dienone is 1.